The number of methoxy groups -OCH3 is 1. The normalized spacial score (nSPS) is 19.6. The smallest absolute Gasteiger partial charge is 0.410 e. The maximum Gasteiger partial charge on any atom is 0.410 e. The number of Topliss-reactive ketones (excluding diaryl/α,β-unsaturated/α-hetero) is 1. The summed E-state index contributed by atoms with van der Waals surface area (Å²) in [6.45, 7) is 7.86. The number of carbonyl (C=O) groups is 2. The summed E-state index contributed by atoms with van der Waals surface area (Å²) in [7, 11) is 3.40. The van der Waals surface area contributed by atoms with E-state index < -0.39 is 5.60 Å². The van der Waals surface area contributed by atoms with Gasteiger partial charge in [0.05, 0.1) is 18.2 Å². The minimum atomic E-state index is -0.508. The zero-order valence-electron chi connectivity index (χ0n) is 16.7. The van der Waals surface area contributed by atoms with Crippen molar-refractivity contribution >= 4 is 11.9 Å². The molecule has 1 aromatic carbocycles. The van der Waals surface area contributed by atoms with Gasteiger partial charge in [-0.05, 0) is 39.3 Å². The summed E-state index contributed by atoms with van der Waals surface area (Å²) in [6.07, 6.45) is 0.564. The molecule has 7 nitrogen and oxygen atoms in total. The van der Waals surface area contributed by atoms with E-state index in [0.717, 1.165) is 25.1 Å². The second-order valence-corrected chi connectivity index (χ2v) is 8.10. The third-order valence-corrected chi connectivity index (χ3v) is 4.94. The molecule has 0 N–H and O–H groups in total. The molecule has 7 heteroatoms. The van der Waals surface area contributed by atoms with E-state index in [2.05, 4.69) is 4.90 Å². The Balaban J connectivity index is 1.69. The first-order chi connectivity index (χ1) is 12.7. The van der Waals surface area contributed by atoms with E-state index >= 15 is 0 Å². The van der Waals surface area contributed by atoms with Gasteiger partial charge in [0.1, 0.15) is 17.1 Å². The number of benzene rings is 1. The molecule has 2 heterocycles. The molecule has 0 saturated carbocycles. The number of hydrogen-bond acceptors (Lipinski definition) is 6. The van der Waals surface area contributed by atoms with Crippen molar-refractivity contribution in [2.24, 2.45) is 0 Å². The number of carbonyl (C=O) groups excluding carboxylic acids is 2. The van der Waals surface area contributed by atoms with Crippen LogP contribution in [0.4, 0.5) is 4.79 Å². The summed E-state index contributed by atoms with van der Waals surface area (Å²) in [5, 5.41) is 0. The van der Waals surface area contributed by atoms with E-state index in [4.69, 9.17) is 14.2 Å². The number of fused-ring (bicyclic) bond motifs is 1. The van der Waals surface area contributed by atoms with Gasteiger partial charge >= 0.3 is 6.09 Å². The first-order valence-electron chi connectivity index (χ1n) is 9.23. The van der Waals surface area contributed by atoms with Gasteiger partial charge in [-0.3, -0.25) is 9.69 Å². The standard InChI is InChI=1S/C20H28N2O5/c1-20(2,3)27-19(24)21(4)13-8-9-22(10-13)11-15-17(25-5)7-6-14-16(23)12-26-18(14)15/h6-7,13H,8-12H2,1-5H3/t13-/m0/s1. The lowest BCUT2D eigenvalue weighted by Gasteiger charge is -2.28. The molecule has 148 valence electrons. The summed E-state index contributed by atoms with van der Waals surface area (Å²) in [6, 6.07) is 3.67. The molecule has 2 aliphatic heterocycles. The van der Waals surface area contributed by atoms with Gasteiger partial charge in [0, 0.05) is 32.7 Å². The molecule has 3 rings (SSSR count). The lowest BCUT2D eigenvalue weighted by molar-refractivity contribution is 0.0228. The molecule has 1 amide bonds. The van der Waals surface area contributed by atoms with E-state index in [9.17, 15) is 9.59 Å². The quantitative estimate of drug-likeness (QED) is 0.805. The maximum atomic E-state index is 12.3. The average molecular weight is 376 g/mol. The lowest BCUT2D eigenvalue weighted by atomic mass is 10.1. The summed E-state index contributed by atoms with van der Waals surface area (Å²) in [5.74, 6) is 1.34. The molecule has 0 bridgehead atoms. The Morgan fingerprint density at radius 3 is 2.78 bits per heavy atom. The highest BCUT2D eigenvalue weighted by molar-refractivity contribution is 6.03. The fourth-order valence-corrected chi connectivity index (χ4v) is 3.53. The first kappa shape index (κ1) is 19.5. The highest BCUT2D eigenvalue weighted by Gasteiger charge is 2.33. The SMILES string of the molecule is COc1ccc2c(c1CN1CC[C@H](N(C)C(=O)OC(C)(C)C)C1)OCC2=O. The van der Waals surface area contributed by atoms with Crippen LogP contribution < -0.4 is 9.47 Å². The Morgan fingerprint density at radius 2 is 2.11 bits per heavy atom. The first-order valence-corrected chi connectivity index (χ1v) is 9.23. The summed E-state index contributed by atoms with van der Waals surface area (Å²) in [5.41, 5.74) is 1.000. The highest BCUT2D eigenvalue weighted by atomic mass is 16.6. The molecule has 0 radical (unpaired) electrons. The number of nitrogens with zero attached hydrogens (tertiary/aromatic N) is 2. The zero-order chi connectivity index (χ0) is 19.8. The number of rotatable bonds is 4. The van der Waals surface area contributed by atoms with Crippen LogP contribution in [0.3, 0.4) is 0 Å². The van der Waals surface area contributed by atoms with Crippen molar-refractivity contribution < 1.29 is 23.8 Å². The molecule has 1 aromatic rings. The van der Waals surface area contributed by atoms with Crippen molar-refractivity contribution in [2.75, 3.05) is 33.9 Å². The molecule has 1 atom stereocenters. The van der Waals surface area contributed by atoms with Gasteiger partial charge in [0.2, 0.25) is 5.78 Å². The molecule has 1 fully saturated rings. The largest absolute Gasteiger partial charge is 0.496 e. The number of ether oxygens (including phenoxy) is 3. The lowest BCUT2D eigenvalue weighted by Crippen LogP contribution is -2.42. The van der Waals surface area contributed by atoms with Crippen molar-refractivity contribution in [1.29, 1.82) is 0 Å². The van der Waals surface area contributed by atoms with Gasteiger partial charge in [-0.15, -0.1) is 0 Å². The highest BCUT2D eigenvalue weighted by Crippen LogP contribution is 2.37. The van der Waals surface area contributed by atoms with Crippen LogP contribution in [-0.2, 0) is 11.3 Å². The molecule has 0 unspecified atom stereocenters. The Labute approximate surface area is 160 Å². The number of likely N-dealkylation sites (N-methyl/N-ethyl adjacent to an activating group) is 1. The number of ketones is 1. The Bertz CT molecular complexity index is 741. The van der Waals surface area contributed by atoms with Crippen molar-refractivity contribution in [3.8, 4) is 11.5 Å². The molecular formula is C20H28N2O5. The van der Waals surface area contributed by atoms with Crippen LogP contribution in [0, 0.1) is 0 Å². The average Bonchev–Trinajstić information content (AvgIpc) is 3.20. The summed E-state index contributed by atoms with van der Waals surface area (Å²) in [4.78, 5) is 28.2. The topological polar surface area (TPSA) is 68.3 Å². The van der Waals surface area contributed by atoms with Crippen LogP contribution in [0.15, 0.2) is 12.1 Å². The summed E-state index contributed by atoms with van der Waals surface area (Å²) >= 11 is 0. The second-order valence-electron chi connectivity index (χ2n) is 8.10. The molecule has 27 heavy (non-hydrogen) atoms. The Morgan fingerprint density at radius 1 is 1.37 bits per heavy atom. The molecule has 0 aromatic heterocycles. The Hall–Kier alpha value is -2.28. The maximum absolute atomic E-state index is 12.3. The van der Waals surface area contributed by atoms with E-state index in [0.29, 0.717) is 23.6 Å². The minimum Gasteiger partial charge on any atom is -0.496 e. The molecule has 0 aliphatic carbocycles. The van der Waals surface area contributed by atoms with Crippen molar-refractivity contribution in [2.45, 2.75) is 45.4 Å². The van der Waals surface area contributed by atoms with E-state index in [1.54, 1.807) is 25.1 Å². The predicted molar refractivity (Wildman–Crippen MR) is 100 cm³/mol. The zero-order valence-corrected chi connectivity index (χ0v) is 16.7. The molecule has 1 saturated heterocycles. The van der Waals surface area contributed by atoms with Crippen molar-refractivity contribution in [3.05, 3.63) is 23.3 Å². The minimum absolute atomic E-state index is 0.00198. The van der Waals surface area contributed by atoms with Crippen LogP contribution in [0.2, 0.25) is 0 Å². The predicted octanol–water partition coefficient (Wildman–Crippen LogP) is 2.71. The van der Waals surface area contributed by atoms with Crippen LogP contribution in [0.5, 0.6) is 11.5 Å². The molecular weight excluding hydrogens is 348 g/mol. The molecule has 2 aliphatic rings. The van der Waals surface area contributed by atoms with Gasteiger partial charge in [0.15, 0.2) is 6.61 Å². The van der Waals surface area contributed by atoms with Crippen LogP contribution >= 0.6 is 0 Å². The third-order valence-electron chi connectivity index (χ3n) is 4.94. The van der Waals surface area contributed by atoms with Gasteiger partial charge in [0.25, 0.3) is 0 Å². The Kier molecular flexibility index (Phi) is 5.33. The van der Waals surface area contributed by atoms with Gasteiger partial charge in [-0.25, -0.2) is 4.79 Å². The van der Waals surface area contributed by atoms with E-state index in [1.807, 2.05) is 26.8 Å². The fourth-order valence-electron chi connectivity index (χ4n) is 3.53. The number of amides is 1. The van der Waals surface area contributed by atoms with Crippen molar-refractivity contribution in [3.63, 3.8) is 0 Å². The van der Waals surface area contributed by atoms with Gasteiger partial charge in [-0.1, -0.05) is 0 Å². The summed E-state index contributed by atoms with van der Waals surface area (Å²) < 4.78 is 16.6. The van der Waals surface area contributed by atoms with Gasteiger partial charge in [-0.2, -0.15) is 0 Å². The molecule has 0 spiro atoms. The second kappa shape index (κ2) is 7.38. The monoisotopic (exact) mass is 376 g/mol. The van der Waals surface area contributed by atoms with Crippen molar-refractivity contribution in [1.82, 2.24) is 9.80 Å². The number of hydrogen-bond donors (Lipinski definition) is 0. The fraction of sp³-hybridized carbons (Fsp3) is 0.600. The third kappa shape index (κ3) is 4.18. The van der Waals surface area contributed by atoms with E-state index in [1.165, 1.54) is 0 Å². The van der Waals surface area contributed by atoms with E-state index in [-0.39, 0.29) is 24.5 Å². The van der Waals surface area contributed by atoms with Gasteiger partial charge < -0.3 is 19.1 Å². The van der Waals surface area contributed by atoms with Crippen LogP contribution in [-0.4, -0.2) is 67.2 Å². The van der Waals surface area contributed by atoms with Crippen LogP contribution in [0.1, 0.15) is 43.1 Å². The van der Waals surface area contributed by atoms with Crippen LogP contribution in [0.25, 0.3) is 0 Å². The number of likely N-dealkylation sites (tertiary alicyclic amines) is 1.